The molecule has 15 heavy (non-hydrogen) atoms. The summed E-state index contributed by atoms with van der Waals surface area (Å²) >= 11 is 0. The Hall–Kier alpha value is -2.65. The summed E-state index contributed by atoms with van der Waals surface area (Å²) in [4.78, 5) is 9.47. The van der Waals surface area contributed by atoms with E-state index >= 15 is 0 Å². The van der Waals surface area contributed by atoms with Gasteiger partial charge in [0.05, 0.1) is 0 Å². The smallest absolute Gasteiger partial charge is 0.240 e. The first-order valence-corrected chi connectivity index (χ1v) is 3.19. The molecule has 0 rings (SSSR count). The molecule has 10 nitrogen and oxygen atoms in total. The first-order chi connectivity index (χ1) is 7.10. The van der Waals surface area contributed by atoms with Crippen molar-refractivity contribution in [3.8, 4) is 0 Å². The molecule has 0 radical (unpaired) electrons. The van der Waals surface area contributed by atoms with Crippen LogP contribution in [0.15, 0.2) is 33.1 Å². The molecule has 0 aromatic heterocycles. The molecule has 0 bridgehead atoms. The molecule has 0 heterocycles. The highest BCUT2D eigenvalue weighted by atomic mass is 16.1. The average Bonchev–Trinajstić information content (AvgIpc) is 2.22. The number of carbonyl (C=O) groups is 1. The van der Waals surface area contributed by atoms with Gasteiger partial charge in [0.15, 0.2) is 12.7 Å². The number of rotatable bonds is 3. The quantitative estimate of drug-likeness (QED) is 0.106. The molecule has 84 valence electrons. The molecule has 0 saturated carbocycles. The second kappa shape index (κ2) is 22.5. The molecule has 0 aromatic carbocycles. The number of nitrogens with one attached hydrogen (secondary N) is 2. The number of primary amides is 1. The van der Waals surface area contributed by atoms with Crippen LogP contribution in [0.5, 0.6) is 0 Å². The van der Waals surface area contributed by atoms with Crippen molar-refractivity contribution in [2.75, 3.05) is 0 Å². The Labute approximate surface area is 85.9 Å². The van der Waals surface area contributed by atoms with Crippen LogP contribution in [0.1, 0.15) is 0 Å². The van der Waals surface area contributed by atoms with Crippen molar-refractivity contribution < 1.29 is 4.79 Å². The minimum atomic E-state index is -0.481. The van der Waals surface area contributed by atoms with Crippen molar-refractivity contribution in [2.24, 2.45) is 37.9 Å². The minimum absolute atomic E-state index is 0.481. The zero-order valence-corrected chi connectivity index (χ0v) is 7.87. The van der Waals surface area contributed by atoms with Gasteiger partial charge in [-0.3, -0.25) is 4.79 Å². The van der Waals surface area contributed by atoms with Gasteiger partial charge in [-0.15, -0.1) is 10.2 Å². The van der Waals surface area contributed by atoms with Gasteiger partial charge in [-0.05, 0) is 6.08 Å². The van der Waals surface area contributed by atoms with Crippen LogP contribution < -0.4 is 17.4 Å². The van der Waals surface area contributed by atoms with Crippen molar-refractivity contribution >= 4 is 18.6 Å². The molecule has 0 aliphatic carbocycles. The lowest BCUT2D eigenvalue weighted by Crippen LogP contribution is -2.04. The van der Waals surface area contributed by atoms with Crippen LogP contribution in [0, 0.1) is 11.1 Å². The summed E-state index contributed by atoms with van der Waals surface area (Å²) in [6, 6.07) is 0. The van der Waals surface area contributed by atoms with E-state index in [1.54, 1.807) is 0 Å². The molecule has 0 saturated heterocycles. The maximum absolute atomic E-state index is 9.47. The molecular formula is C5H13N9O. The maximum atomic E-state index is 9.47. The van der Waals surface area contributed by atoms with Crippen LogP contribution in [0.25, 0.3) is 0 Å². The summed E-state index contributed by atoms with van der Waals surface area (Å²) in [5.41, 5.74) is 16.5. The molecule has 0 aliphatic rings. The van der Waals surface area contributed by atoms with Gasteiger partial charge in [0.1, 0.15) is 0 Å². The van der Waals surface area contributed by atoms with Gasteiger partial charge >= 0.3 is 0 Å². The Morgan fingerprint density at radius 2 is 1.40 bits per heavy atom. The van der Waals surface area contributed by atoms with E-state index in [-0.39, 0.29) is 0 Å². The van der Waals surface area contributed by atoms with Crippen LogP contribution in [0.2, 0.25) is 0 Å². The van der Waals surface area contributed by atoms with Crippen molar-refractivity contribution in [1.82, 2.24) is 0 Å². The van der Waals surface area contributed by atoms with E-state index in [9.17, 15) is 4.79 Å². The van der Waals surface area contributed by atoms with E-state index in [1.165, 1.54) is 0 Å². The third kappa shape index (κ3) is 88.4. The normalized spacial score (nSPS) is 8.00. The van der Waals surface area contributed by atoms with E-state index in [1.807, 2.05) is 0 Å². The van der Waals surface area contributed by atoms with E-state index in [0.29, 0.717) is 0 Å². The first kappa shape index (κ1) is 18.2. The number of hydrazone groups is 2. The molecule has 0 fully saturated rings. The summed E-state index contributed by atoms with van der Waals surface area (Å²) in [5.74, 6) is 8.51. The number of nitrogens with zero attached hydrogens (tertiary/aromatic N) is 4. The van der Waals surface area contributed by atoms with Crippen LogP contribution in [0.3, 0.4) is 0 Å². The molecule has 10 heteroatoms. The lowest BCUT2D eigenvalue weighted by atomic mass is 10.6. The van der Waals surface area contributed by atoms with E-state index in [2.05, 4.69) is 44.4 Å². The van der Waals surface area contributed by atoms with E-state index < -0.39 is 5.91 Å². The largest absolute Gasteiger partial charge is 0.366 e. The van der Waals surface area contributed by atoms with Crippen LogP contribution in [-0.4, -0.2) is 18.6 Å². The van der Waals surface area contributed by atoms with Gasteiger partial charge in [-0.25, -0.2) is 11.1 Å². The molecule has 0 spiro atoms. The highest BCUT2D eigenvalue weighted by Crippen LogP contribution is 1.48. The Morgan fingerprint density at radius 3 is 1.40 bits per heavy atom. The summed E-state index contributed by atoms with van der Waals surface area (Å²) in [6.07, 6.45) is 2.94. The topological polar surface area (TPSA) is 192 Å². The van der Waals surface area contributed by atoms with Crippen molar-refractivity contribution in [1.29, 1.82) is 11.1 Å². The molecule has 0 atom stereocenters. The highest BCUT2D eigenvalue weighted by Gasteiger charge is 1.69. The Kier molecular flexibility index (Phi) is 27.3. The molecule has 1 amide bonds. The summed E-state index contributed by atoms with van der Waals surface area (Å²) in [6.45, 7) is 3.09. The number of hydrogen-bond acceptors (Lipinski definition) is 7. The second-order valence-electron chi connectivity index (χ2n) is 1.39. The minimum Gasteiger partial charge on any atom is -0.366 e. The second-order valence-corrected chi connectivity index (χ2v) is 1.39. The zero-order chi connectivity index (χ0) is 12.5. The predicted molar refractivity (Wildman–Crippen MR) is 55.0 cm³/mol. The fourth-order valence-electron chi connectivity index (χ4n) is 0.0667. The Morgan fingerprint density at radius 1 is 1.13 bits per heavy atom. The number of carbonyl (C=O) groups excluding carboxylic acids is 1. The zero-order valence-electron chi connectivity index (χ0n) is 7.87. The first-order valence-electron chi connectivity index (χ1n) is 3.19. The monoisotopic (exact) mass is 215 g/mol. The van der Waals surface area contributed by atoms with E-state index in [0.717, 1.165) is 18.8 Å². The predicted octanol–water partition coefficient (Wildman–Crippen LogP) is -0.504. The van der Waals surface area contributed by atoms with E-state index in [4.69, 9.17) is 11.1 Å². The molecule has 8 N–H and O–H groups in total. The molecule has 0 unspecified atom stereocenters. The molecule has 0 aromatic rings. The molecule has 0 aliphatic heterocycles. The van der Waals surface area contributed by atoms with Crippen molar-refractivity contribution in [3.63, 3.8) is 0 Å². The van der Waals surface area contributed by atoms with Gasteiger partial charge in [0, 0.05) is 0 Å². The Bertz CT molecular complexity index is 217. The standard InChI is InChI=1S/C3H5NO.2CH4N4/c1-2-3(4)5;2*2-4-1-5-3/h2H,1H2,(H2,4,5);2*1-2H,3H2. The fourth-order valence-corrected chi connectivity index (χ4v) is 0.0667. The van der Waals surface area contributed by atoms with Crippen molar-refractivity contribution in [2.45, 2.75) is 0 Å². The Balaban J connectivity index is -0.000000144. The third-order valence-electron chi connectivity index (χ3n) is 0.450. The van der Waals surface area contributed by atoms with Crippen molar-refractivity contribution in [3.05, 3.63) is 12.7 Å². The molecular weight excluding hydrogens is 202 g/mol. The highest BCUT2D eigenvalue weighted by molar-refractivity contribution is 5.84. The SMILES string of the molecule is C=CC(N)=O.N=NC=NN.N=NC=NN. The van der Waals surface area contributed by atoms with Gasteiger partial charge in [0.25, 0.3) is 0 Å². The summed E-state index contributed by atoms with van der Waals surface area (Å²) in [5, 5.41) is 11.1. The van der Waals surface area contributed by atoms with Gasteiger partial charge < -0.3 is 17.4 Å². The fraction of sp³-hybridized carbons (Fsp3) is 0. The van der Waals surface area contributed by atoms with Gasteiger partial charge in [-0.2, -0.15) is 10.2 Å². The van der Waals surface area contributed by atoms with Crippen LogP contribution in [-0.2, 0) is 4.79 Å². The van der Waals surface area contributed by atoms with Gasteiger partial charge in [-0.1, -0.05) is 6.58 Å². The lowest BCUT2D eigenvalue weighted by Gasteiger charge is -1.65. The number of nitrogens with two attached hydrogens (primary N) is 3. The van der Waals surface area contributed by atoms with Crippen LogP contribution in [0.4, 0.5) is 0 Å². The summed E-state index contributed by atoms with van der Waals surface area (Å²) in [7, 11) is 0. The van der Waals surface area contributed by atoms with Crippen LogP contribution >= 0.6 is 0 Å². The third-order valence-corrected chi connectivity index (χ3v) is 0.450. The number of hydrogen-bond donors (Lipinski definition) is 5. The maximum Gasteiger partial charge on any atom is 0.240 e. The average molecular weight is 215 g/mol. The summed E-state index contributed by atoms with van der Waals surface area (Å²) < 4.78 is 0. The lowest BCUT2D eigenvalue weighted by molar-refractivity contribution is -0.113. The van der Waals surface area contributed by atoms with Gasteiger partial charge in [0.2, 0.25) is 5.91 Å². The number of amides is 1.